The molecule has 1 heterocycles. The minimum Gasteiger partial charge on any atom is -0.481 e. The summed E-state index contributed by atoms with van der Waals surface area (Å²) in [6.07, 6.45) is 1.34. The Morgan fingerprint density at radius 2 is 1.75 bits per heavy atom. The number of hydrogen-bond acceptors (Lipinski definition) is 3. The van der Waals surface area contributed by atoms with E-state index in [2.05, 4.69) is 5.32 Å². The predicted octanol–water partition coefficient (Wildman–Crippen LogP) is 0.862. The Balaban J connectivity index is 2.31. The van der Waals surface area contributed by atoms with Gasteiger partial charge in [-0.25, -0.2) is 0 Å². The molecule has 0 radical (unpaired) electrons. The molecule has 1 rings (SSSR count). The van der Waals surface area contributed by atoms with Gasteiger partial charge in [0.15, 0.2) is 0 Å². The van der Waals surface area contributed by atoms with Crippen LogP contribution in [-0.4, -0.2) is 47.4 Å². The van der Waals surface area contributed by atoms with Gasteiger partial charge in [0.2, 0.25) is 11.8 Å². The highest BCUT2D eigenvalue weighted by molar-refractivity contribution is 5.85. The SMILES string of the molecule is CC(C)(C)CC(=O)NCC(=O)N1CCC(C(=O)O)CC1. The van der Waals surface area contributed by atoms with Crippen molar-refractivity contribution in [3.05, 3.63) is 0 Å². The Kier molecular flexibility index (Phi) is 5.53. The third-order valence-corrected chi connectivity index (χ3v) is 3.32. The molecule has 0 atom stereocenters. The molecule has 6 nitrogen and oxygen atoms in total. The van der Waals surface area contributed by atoms with Crippen LogP contribution in [0.3, 0.4) is 0 Å². The highest BCUT2D eigenvalue weighted by Gasteiger charge is 2.27. The van der Waals surface area contributed by atoms with Crippen LogP contribution in [0.4, 0.5) is 0 Å². The topological polar surface area (TPSA) is 86.7 Å². The number of carbonyl (C=O) groups is 3. The highest BCUT2D eigenvalue weighted by atomic mass is 16.4. The molecule has 1 fully saturated rings. The lowest BCUT2D eigenvalue weighted by Gasteiger charge is -2.30. The summed E-state index contributed by atoms with van der Waals surface area (Å²) in [5, 5.41) is 11.5. The van der Waals surface area contributed by atoms with Crippen LogP contribution in [0.25, 0.3) is 0 Å². The van der Waals surface area contributed by atoms with Gasteiger partial charge in [-0.2, -0.15) is 0 Å². The van der Waals surface area contributed by atoms with Gasteiger partial charge in [0.1, 0.15) is 0 Å². The maximum absolute atomic E-state index is 11.9. The zero-order chi connectivity index (χ0) is 15.3. The number of nitrogens with zero attached hydrogens (tertiary/aromatic N) is 1. The van der Waals surface area contributed by atoms with Gasteiger partial charge in [-0.15, -0.1) is 0 Å². The summed E-state index contributed by atoms with van der Waals surface area (Å²) in [7, 11) is 0. The highest BCUT2D eigenvalue weighted by Crippen LogP contribution is 2.18. The quantitative estimate of drug-likeness (QED) is 0.801. The first-order valence-electron chi connectivity index (χ1n) is 6.96. The van der Waals surface area contributed by atoms with Crippen molar-refractivity contribution in [1.82, 2.24) is 10.2 Å². The number of carboxylic acid groups (broad SMARTS) is 1. The van der Waals surface area contributed by atoms with Crippen LogP contribution in [0.2, 0.25) is 0 Å². The number of hydrogen-bond donors (Lipinski definition) is 2. The molecule has 1 saturated heterocycles. The van der Waals surface area contributed by atoms with Crippen molar-refractivity contribution in [3.63, 3.8) is 0 Å². The number of rotatable bonds is 4. The zero-order valence-corrected chi connectivity index (χ0v) is 12.4. The van der Waals surface area contributed by atoms with Gasteiger partial charge in [-0.3, -0.25) is 14.4 Å². The third kappa shape index (κ3) is 5.59. The van der Waals surface area contributed by atoms with Gasteiger partial charge in [0.05, 0.1) is 12.5 Å². The molecule has 114 valence electrons. The van der Waals surface area contributed by atoms with E-state index < -0.39 is 5.97 Å². The standard InChI is InChI=1S/C14H24N2O4/c1-14(2,3)8-11(17)15-9-12(18)16-6-4-10(5-7-16)13(19)20/h10H,4-9H2,1-3H3,(H,15,17)(H,19,20). The Hall–Kier alpha value is -1.59. The Morgan fingerprint density at radius 1 is 1.20 bits per heavy atom. The lowest BCUT2D eigenvalue weighted by Crippen LogP contribution is -2.45. The molecule has 0 aliphatic carbocycles. The first-order valence-corrected chi connectivity index (χ1v) is 6.96. The number of nitrogens with one attached hydrogen (secondary N) is 1. The summed E-state index contributed by atoms with van der Waals surface area (Å²) in [5.41, 5.74) is -0.104. The summed E-state index contributed by atoms with van der Waals surface area (Å²) in [4.78, 5) is 36.0. The Bertz CT molecular complexity index is 379. The van der Waals surface area contributed by atoms with Crippen molar-refractivity contribution in [2.24, 2.45) is 11.3 Å². The molecular formula is C14H24N2O4. The van der Waals surface area contributed by atoms with E-state index in [0.29, 0.717) is 32.4 Å². The minimum atomic E-state index is -0.796. The predicted molar refractivity (Wildman–Crippen MR) is 74.0 cm³/mol. The number of piperidine rings is 1. The van der Waals surface area contributed by atoms with Gasteiger partial charge in [0.25, 0.3) is 0 Å². The lowest BCUT2D eigenvalue weighted by molar-refractivity contribution is -0.145. The van der Waals surface area contributed by atoms with Crippen molar-refractivity contribution < 1.29 is 19.5 Å². The molecule has 0 unspecified atom stereocenters. The lowest BCUT2D eigenvalue weighted by atomic mass is 9.92. The summed E-state index contributed by atoms with van der Waals surface area (Å²) in [5.74, 6) is -1.42. The molecule has 20 heavy (non-hydrogen) atoms. The maximum Gasteiger partial charge on any atom is 0.306 e. The van der Waals surface area contributed by atoms with E-state index in [0.717, 1.165) is 0 Å². The van der Waals surface area contributed by atoms with E-state index in [9.17, 15) is 14.4 Å². The monoisotopic (exact) mass is 284 g/mol. The molecule has 2 amide bonds. The largest absolute Gasteiger partial charge is 0.481 e. The van der Waals surface area contributed by atoms with Gasteiger partial charge in [0, 0.05) is 19.5 Å². The maximum atomic E-state index is 11.9. The van der Waals surface area contributed by atoms with Crippen LogP contribution in [0.15, 0.2) is 0 Å². The smallest absolute Gasteiger partial charge is 0.306 e. The first-order chi connectivity index (χ1) is 9.19. The second kappa shape index (κ2) is 6.72. The van der Waals surface area contributed by atoms with E-state index in [-0.39, 0.29) is 29.7 Å². The number of carbonyl (C=O) groups excluding carboxylic acids is 2. The van der Waals surface area contributed by atoms with E-state index in [1.807, 2.05) is 20.8 Å². The molecule has 0 bridgehead atoms. The fraction of sp³-hybridized carbons (Fsp3) is 0.786. The average molecular weight is 284 g/mol. The molecule has 1 aliphatic heterocycles. The molecule has 0 aromatic carbocycles. The van der Waals surface area contributed by atoms with E-state index in [1.54, 1.807) is 4.90 Å². The van der Waals surface area contributed by atoms with Crippen LogP contribution < -0.4 is 5.32 Å². The van der Waals surface area contributed by atoms with E-state index in [4.69, 9.17) is 5.11 Å². The molecule has 0 aromatic rings. The van der Waals surface area contributed by atoms with Gasteiger partial charge < -0.3 is 15.3 Å². The summed E-state index contributed by atoms with van der Waals surface area (Å²) in [6, 6.07) is 0. The van der Waals surface area contributed by atoms with Crippen LogP contribution >= 0.6 is 0 Å². The average Bonchev–Trinajstić information content (AvgIpc) is 2.34. The van der Waals surface area contributed by atoms with Crippen LogP contribution in [0.5, 0.6) is 0 Å². The summed E-state index contributed by atoms with van der Waals surface area (Å²) in [6.45, 7) is 6.78. The summed E-state index contributed by atoms with van der Waals surface area (Å²) >= 11 is 0. The Labute approximate surface area is 119 Å². The van der Waals surface area contributed by atoms with Crippen molar-refractivity contribution in [3.8, 4) is 0 Å². The molecule has 0 aromatic heterocycles. The van der Waals surface area contributed by atoms with Crippen molar-refractivity contribution in [1.29, 1.82) is 0 Å². The zero-order valence-electron chi connectivity index (χ0n) is 12.4. The molecule has 0 saturated carbocycles. The minimum absolute atomic E-state index is 0.00729. The molecule has 0 spiro atoms. The molecule has 1 aliphatic rings. The fourth-order valence-corrected chi connectivity index (χ4v) is 2.21. The van der Waals surface area contributed by atoms with Crippen molar-refractivity contribution >= 4 is 17.8 Å². The van der Waals surface area contributed by atoms with Gasteiger partial charge >= 0.3 is 5.97 Å². The number of aliphatic carboxylic acids is 1. The van der Waals surface area contributed by atoms with Crippen LogP contribution in [0, 0.1) is 11.3 Å². The van der Waals surface area contributed by atoms with Crippen LogP contribution in [0.1, 0.15) is 40.0 Å². The second-order valence-electron chi connectivity index (χ2n) is 6.51. The van der Waals surface area contributed by atoms with Crippen molar-refractivity contribution in [2.45, 2.75) is 40.0 Å². The normalized spacial score (nSPS) is 16.9. The van der Waals surface area contributed by atoms with Crippen molar-refractivity contribution in [2.75, 3.05) is 19.6 Å². The molecule has 2 N–H and O–H groups in total. The number of carboxylic acids is 1. The fourth-order valence-electron chi connectivity index (χ4n) is 2.21. The van der Waals surface area contributed by atoms with Crippen LogP contribution in [-0.2, 0) is 14.4 Å². The number of amides is 2. The summed E-state index contributed by atoms with van der Waals surface area (Å²) < 4.78 is 0. The van der Waals surface area contributed by atoms with E-state index >= 15 is 0 Å². The van der Waals surface area contributed by atoms with E-state index in [1.165, 1.54) is 0 Å². The Morgan fingerprint density at radius 3 is 2.20 bits per heavy atom. The van der Waals surface area contributed by atoms with Gasteiger partial charge in [-0.05, 0) is 18.3 Å². The second-order valence-corrected chi connectivity index (χ2v) is 6.51. The molecule has 6 heteroatoms. The van der Waals surface area contributed by atoms with Gasteiger partial charge in [-0.1, -0.05) is 20.8 Å². The molecular weight excluding hydrogens is 260 g/mol. The third-order valence-electron chi connectivity index (χ3n) is 3.32. The first kappa shape index (κ1) is 16.5. The number of likely N-dealkylation sites (tertiary alicyclic amines) is 1.